The van der Waals surface area contributed by atoms with Gasteiger partial charge in [0.15, 0.2) is 5.13 Å². The van der Waals surface area contributed by atoms with E-state index in [2.05, 4.69) is 30.0 Å². The Bertz CT molecular complexity index is 1020. The fourth-order valence-corrected chi connectivity index (χ4v) is 5.07. The molecule has 8 heteroatoms. The number of carbonyl (C=O) groups is 1. The van der Waals surface area contributed by atoms with Crippen LogP contribution >= 0.6 is 35.5 Å². The summed E-state index contributed by atoms with van der Waals surface area (Å²) in [4.78, 5) is 23.6. The lowest BCUT2D eigenvalue weighted by Crippen LogP contribution is -2.43. The smallest absolute Gasteiger partial charge is 0.260 e. The summed E-state index contributed by atoms with van der Waals surface area (Å²) < 4.78 is 6.59. The topological polar surface area (TPSA) is 45.7 Å². The summed E-state index contributed by atoms with van der Waals surface area (Å²) in [5, 5.41) is 0.770. The number of aromatic nitrogens is 1. The summed E-state index contributed by atoms with van der Waals surface area (Å²) >= 11 is 3.25. The summed E-state index contributed by atoms with van der Waals surface area (Å²) in [6.07, 6.45) is 3.02. The number of thiazole rings is 1. The average molecular weight is 478 g/mol. The first-order valence-electron chi connectivity index (χ1n) is 10.3. The third kappa shape index (κ3) is 5.79. The number of ether oxygens (including phenoxy) is 1. The number of benzene rings is 2. The first kappa shape index (κ1) is 24.0. The molecule has 1 aromatic heterocycles. The molecule has 0 N–H and O–H groups in total. The molecule has 2 aromatic carbocycles. The molecule has 3 aromatic rings. The van der Waals surface area contributed by atoms with E-state index < -0.39 is 0 Å². The Morgan fingerprint density at radius 2 is 2.03 bits per heavy atom. The Morgan fingerprint density at radius 1 is 1.23 bits per heavy atom. The van der Waals surface area contributed by atoms with Gasteiger partial charge in [-0.1, -0.05) is 30.4 Å². The quantitative estimate of drug-likeness (QED) is 0.449. The Hall–Kier alpha value is -1.64. The second kappa shape index (κ2) is 11.3. The van der Waals surface area contributed by atoms with Crippen molar-refractivity contribution in [1.82, 2.24) is 9.88 Å². The van der Waals surface area contributed by atoms with Crippen LogP contribution in [0.1, 0.15) is 22.8 Å². The molecule has 0 spiro atoms. The Balaban J connectivity index is 0.00000272. The highest BCUT2D eigenvalue weighted by Gasteiger charge is 2.23. The first-order valence-corrected chi connectivity index (χ1v) is 12.4. The van der Waals surface area contributed by atoms with Crippen LogP contribution in [-0.2, 0) is 11.2 Å². The zero-order valence-electron chi connectivity index (χ0n) is 17.9. The van der Waals surface area contributed by atoms with Crippen molar-refractivity contribution in [1.29, 1.82) is 0 Å². The van der Waals surface area contributed by atoms with Crippen molar-refractivity contribution < 1.29 is 9.53 Å². The van der Waals surface area contributed by atoms with Gasteiger partial charge in [0.2, 0.25) is 0 Å². The van der Waals surface area contributed by atoms with Gasteiger partial charge in [-0.2, -0.15) is 0 Å². The molecule has 0 atom stereocenters. The molecule has 0 unspecified atom stereocenters. The van der Waals surface area contributed by atoms with Crippen molar-refractivity contribution in [2.75, 3.05) is 50.5 Å². The highest BCUT2D eigenvalue weighted by Crippen LogP contribution is 2.31. The minimum absolute atomic E-state index is 0. The zero-order valence-corrected chi connectivity index (χ0v) is 20.3. The third-order valence-electron chi connectivity index (χ3n) is 5.39. The van der Waals surface area contributed by atoms with E-state index in [4.69, 9.17) is 9.72 Å². The van der Waals surface area contributed by atoms with Gasteiger partial charge in [-0.15, -0.1) is 24.2 Å². The summed E-state index contributed by atoms with van der Waals surface area (Å²) in [5.74, 6) is 0.00827. The standard InChI is InChI=1S/C23H27N3O2S2.ClH/c1-3-17-7-8-20-21(15-17)30-23(24-20)26(10-9-25-11-13-28-14-12-25)22(27)18-5-4-6-19(16-18)29-2;/h4-8,15-16H,3,9-14H2,1-2H3;1H. The molecule has 0 radical (unpaired) electrons. The molecule has 0 bridgehead atoms. The molecule has 4 rings (SSSR count). The van der Waals surface area contributed by atoms with E-state index in [0.717, 1.165) is 59.5 Å². The van der Waals surface area contributed by atoms with Crippen LogP contribution in [0, 0.1) is 0 Å². The lowest BCUT2D eigenvalue weighted by Gasteiger charge is -2.29. The summed E-state index contributed by atoms with van der Waals surface area (Å²) in [5.41, 5.74) is 2.95. The van der Waals surface area contributed by atoms with E-state index in [1.807, 2.05) is 35.4 Å². The van der Waals surface area contributed by atoms with Gasteiger partial charge >= 0.3 is 0 Å². The van der Waals surface area contributed by atoms with Crippen LogP contribution < -0.4 is 4.90 Å². The predicted octanol–water partition coefficient (Wildman–Crippen LogP) is 4.98. The second-order valence-electron chi connectivity index (χ2n) is 7.29. The lowest BCUT2D eigenvalue weighted by atomic mass is 10.2. The summed E-state index contributed by atoms with van der Waals surface area (Å²) in [6, 6.07) is 14.2. The molecule has 1 fully saturated rings. The molecule has 31 heavy (non-hydrogen) atoms. The maximum atomic E-state index is 13.5. The molecule has 2 heterocycles. The van der Waals surface area contributed by atoms with Gasteiger partial charge in [-0.25, -0.2) is 4.98 Å². The number of thioether (sulfide) groups is 1. The molecular formula is C23H28ClN3O2S2. The van der Waals surface area contributed by atoms with E-state index in [1.54, 1.807) is 23.1 Å². The van der Waals surface area contributed by atoms with E-state index in [-0.39, 0.29) is 18.3 Å². The van der Waals surface area contributed by atoms with Crippen molar-refractivity contribution >= 4 is 56.8 Å². The number of halogens is 1. The highest BCUT2D eigenvalue weighted by atomic mass is 35.5. The van der Waals surface area contributed by atoms with Gasteiger partial charge in [-0.05, 0) is 48.6 Å². The number of anilines is 1. The van der Waals surface area contributed by atoms with Crippen LogP contribution in [-0.4, -0.2) is 61.4 Å². The third-order valence-corrected chi connectivity index (χ3v) is 7.15. The molecular weight excluding hydrogens is 450 g/mol. The molecule has 1 amide bonds. The number of amides is 1. The number of morpholine rings is 1. The monoisotopic (exact) mass is 477 g/mol. The van der Waals surface area contributed by atoms with Crippen LogP contribution in [0.3, 0.4) is 0 Å². The molecule has 0 saturated carbocycles. The Kier molecular flexibility index (Phi) is 8.75. The number of hydrogen-bond donors (Lipinski definition) is 0. The molecule has 1 aliphatic heterocycles. The summed E-state index contributed by atoms with van der Waals surface area (Å²) in [7, 11) is 0. The summed E-state index contributed by atoms with van der Waals surface area (Å²) in [6.45, 7) is 6.90. The first-order chi connectivity index (χ1) is 14.7. The fraction of sp³-hybridized carbons (Fsp3) is 0.391. The van der Waals surface area contributed by atoms with Crippen LogP contribution in [0.15, 0.2) is 47.4 Å². The second-order valence-corrected chi connectivity index (χ2v) is 9.18. The van der Waals surface area contributed by atoms with E-state index in [0.29, 0.717) is 12.1 Å². The molecule has 0 aliphatic carbocycles. The average Bonchev–Trinajstić information content (AvgIpc) is 3.22. The lowest BCUT2D eigenvalue weighted by molar-refractivity contribution is 0.0391. The SMILES string of the molecule is CCc1ccc2nc(N(CCN3CCOCC3)C(=O)c3cccc(SC)c3)sc2c1.Cl. The molecule has 1 saturated heterocycles. The van der Waals surface area contributed by atoms with E-state index in [9.17, 15) is 4.79 Å². The van der Waals surface area contributed by atoms with Crippen molar-refractivity contribution in [2.24, 2.45) is 0 Å². The highest BCUT2D eigenvalue weighted by molar-refractivity contribution is 7.98. The van der Waals surface area contributed by atoms with Gasteiger partial charge in [0.05, 0.1) is 23.4 Å². The van der Waals surface area contributed by atoms with Crippen LogP contribution in [0.2, 0.25) is 0 Å². The minimum atomic E-state index is 0. The van der Waals surface area contributed by atoms with E-state index >= 15 is 0 Å². The van der Waals surface area contributed by atoms with Crippen molar-refractivity contribution in [3.8, 4) is 0 Å². The zero-order chi connectivity index (χ0) is 20.9. The van der Waals surface area contributed by atoms with Crippen molar-refractivity contribution in [3.05, 3.63) is 53.6 Å². The van der Waals surface area contributed by atoms with Gasteiger partial charge in [0, 0.05) is 36.6 Å². The van der Waals surface area contributed by atoms with Gasteiger partial charge in [0.1, 0.15) is 0 Å². The fourth-order valence-electron chi connectivity index (χ4n) is 3.55. The maximum Gasteiger partial charge on any atom is 0.260 e. The van der Waals surface area contributed by atoms with E-state index in [1.165, 1.54) is 5.56 Å². The number of fused-ring (bicyclic) bond motifs is 1. The normalized spacial score (nSPS) is 14.4. The largest absolute Gasteiger partial charge is 0.379 e. The van der Waals surface area contributed by atoms with Gasteiger partial charge < -0.3 is 4.74 Å². The molecule has 5 nitrogen and oxygen atoms in total. The number of aryl methyl sites for hydroxylation is 1. The number of rotatable bonds is 7. The Morgan fingerprint density at radius 3 is 2.77 bits per heavy atom. The number of nitrogens with zero attached hydrogens (tertiary/aromatic N) is 3. The van der Waals surface area contributed by atoms with Crippen molar-refractivity contribution in [3.63, 3.8) is 0 Å². The number of carbonyl (C=O) groups excluding carboxylic acids is 1. The predicted molar refractivity (Wildman–Crippen MR) is 133 cm³/mol. The van der Waals surface area contributed by atoms with Gasteiger partial charge in [0.25, 0.3) is 5.91 Å². The molecule has 166 valence electrons. The van der Waals surface area contributed by atoms with Crippen LogP contribution in [0.25, 0.3) is 10.2 Å². The van der Waals surface area contributed by atoms with Crippen molar-refractivity contribution in [2.45, 2.75) is 18.2 Å². The maximum absolute atomic E-state index is 13.5. The minimum Gasteiger partial charge on any atom is -0.379 e. The van der Waals surface area contributed by atoms with Crippen LogP contribution in [0.4, 0.5) is 5.13 Å². The number of hydrogen-bond acceptors (Lipinski definition) is 6. The van der Waals surface area contributed by atoms with Crippen LogP contribution in [0.5, 0.6) is 0 Å². The van der Waals surface area contributed by atoms with Gasteiger partial charge in [-0.3, -0.25) is 14.6 Å². The Labute approximate surface area is 198 Å². The molecule has 1 aliphatic rings.